The summed E-state index contributed by atoms with van der Waals surface area (Å²) in [6.07, 6.45) is 7.14. The summed E-state index contributed by atoms with van der Waals surface area (Å²) in [6, 6.07) is 1.72. The van der Waals surface area contributed by atoms with Crippen LogP contribution in [-0.2, 0) is 0 Å². The maximum Gasteiger partial charge on any atom is 0.339 e. The molecule has 0 radical (unpaired) electrons. The van der Waals surface area contributed by atoms with Crippen LogP contribution in [0.5, 0.6) is 0 Å². The van der Waals surface area contributed by atoms with E-state index in [1.54, 1.807) is 19.2 Å². The lowest BCUT2D eigenvalue weighted by Crippen LogP contribution is -2.11. The first kappa shape index (κ1) is 14.8. The zero-order chi connectivity index (χ0) is 13.4. The van der Waals surface area contributed by atoms with Gasteiger partial charge in [-0.05, 0) is 43.4 Å². The number of hydrogen-bond donors (Lipinski definition) is 2. The van der Waals surface area contributed by atoms with Crippen LogP contribution in [0.1, 0.15) is 35.2 Å². The van der Waals surface area contributed by atoms with Crippen LogP contribution in [0.4, 0.5) is 5.82 Å². The highest BCUT2D eigenvalue weighted by molar-refractivity contribution is 7.98. The molecule has 0 fully saturated rings. The van der Waals surface area contributed by atoms with E-state index in [4.69, 9.17) is 5.11 Å². The smallest absolute Gasteiger partial charge is 0.339 e. The molecule has 1 rings (SSSR count). The number of rotatable bonds is 8. The molecular weight excluding hydrogens is 248 g/mol. The Bertz CT molecular complexity index is 397. The minimum atomic E-state index is -0.925. The average molecular weight is 268 g/mol. The molecule has 0 unspecified atom stereocenters. The second-order valence-corrected chi connectivity index (χ2v) is 5.12. The Balaban J connectivity index is 2.47. The van der Waals surface area contributed by atoms with Gasteiger partial charge in [-0.3, -0.25) is 0 Å². The molecule has 0 saturated heterocycles. The molecular formula is C13H20N2O2S. The van der Waals surface area contributed by atoms with Crippen molar-refractivity contribution < 1.29 is 9.90 Å². The van der Waals surface area contributed by atoms with Crippen LogP contribution < -0.4 is 5.32 Å². The van der Waals surface area contributed by atoms with Crippen LogP contribution in [0.3, 0.4) is 0 Å². The van der Waals surface area contributed by atoms with E-state index in [1.807, 2.05) is 11.8 Å². The largest absolute Gasteiger partial charge is 0.478 e. The molecule has 0 saturated carbocycles. The first-order valence-corrected chi connectivity index (χ1v) is 7.48. The molecule has 1 aromatic rings. The van der Waals surface area contributed by atoms with Gasteiger partial charge in [0.15, 0.2) is 0 Å². The van der Waals surface area contributed by atoms with Crippen molar-refractivity contribution in [3.05, 3.63) is 23.4 Å². The van der Waals surface area contributed by atoms with Crippen LogP contribution in [0.25, 0.3) is 0 Å². The predicted octanol–water partition coefficient (Wildman–Crippen LogP) is 3.03. The number of pyridine rings is 1. The maximum atomic E-state index is 11.1. The summed E-state index contributed by atoms with van der Waals surface area (Å²) in [4.78, 5) is 15.2. The van der Waals surface area contributed by atoms with Crippen molar-refractivity contribution in [2.24, 2.45) is 0 Å². The van der Waals surface area contributed by atoms with E-state index in [1.165, 1.54) is 12.2 Å². The normalized spacial score (nSPS) is 10.3. The van der Waals surface area contributed by atoms with Gasteiger partial charge >= 0.3 is 5.97 Å². The van der Waals surface area contributed by atoms with Crippen LogP contribution in [-0.4, -0.2) is 34.6 Å². The zero-order valence-electron chi connectivity index (χ0n) is 10.9. The van der Waals surface area contributed by atoms with E-state index in [0.717, 1.165) is 24.9 Å². The first-order valence-electron chi connectivity index (χ1n) is 6.08. The fourth-order valence-electron chi connectivity index (χ4n) is 1.72. The number of nitrogens with one attached hydrogen (secondary N) is 1. The Morgan fingerprint density at radius 2 is 2.22 bits per heavy atom. The highest BCUT2D eigenvalue weighted by Gasteiger charge is 2.13. The monoisotopic (exact) mass is 268 g/mol. The summed E-state index contributed by atoms with van der Waals surface area (Å²) < 4.78 is 0. The van der Waals surface area contributed by atoms with Gasteiger partial charge < -0.3 is 10.4 Å². The molecule has 0 aromatic carbocycles. The molecule has 100 valence electrons. The third-order valence-corrected chi connectivity index (χ3v) is 3.39. The Hall–Kier alpha value is -1.23. The summed E-state index contributed by atoms with van der Waals surface area (Å²) in [5.74, 6) is 0.737. The molecule has 0 aliphatic heterocycles. The lowest BCUT2D eigenvalue weighted by atomic mass is 10.1. The molecule has 0 atom stereocenters. The third kappa shape index (κ3) is 4.56. The topological polar surface area (TPSA) is 62.2 Å². The molecule has 2 N–H and O–H groups in total. The highest BCUT2D eigenvalue weighted by atomic mass is 32.2. The van der Waals surface area contributed by atoms with Crippen LogP contribution >= 0.6 is 11.8 Å². The predicted molar refractivity (Wildman–Crippen MR) is 76.7 cm³/mol. The molecule has 0 spiro atoms. The van der Waals surface area contributed by atoms with Crippen LogP contribution in [0.2, 0.25) is 0 Å². The molecule has 0 aliphatic rings. The van der Waals surface area contributed by atoms with Crippen molar-refractivity contribution >= 4 is 23.5 Å². The summed E-state index contributed by atoms with van der Waals surface area (Å²) in [6.45, 7) is 2.56. The lowest BCUT2D eigenvalue weighted by molar-refractivity contribution is 0.0697. The molecule has 4 nitrogen and oxygen atoms in total. The van der Waals surface area contributed by atoms with Gasteiger partial charge in [-0.15, -0.1) is 0 Å². The molecule has 1 heterocycles. The van der Waals surface area contributed by atoms with Gasteiger partial charge in [0, 0.05) is 12.7 Å². The van der Waals surface area contributed by atoms with Gasteiger partial charge in [0.05, 0.1) is 0 Å². The first-order chi connectivity index (χ1) is 8.66. The quantitative estimate of drug-likeness (QED) is 0.710. The number of aromatic nitrogens is 1. The van der Waals surface area contributed by atoms with Gasteiger partial charge in [0.25, 0.3) is 0 Å². The SMILES string of the molecule is CSCCCCCNc1nccc(C)c1C(=O)O. The van der Waals surface area contributed by atoms with E-state index in [0.29, 0.717) is 5.82 Å². The number of carbonyl (C=O) groups is 1. The van der Waals surface area contributed by atoms with Crippen LogP contribution in [0, 0.1) is 6.92 Å². The number of aryl methyl sites for hydroxylation is 1. The molecule has 1 aromatic heterocycles. The van der Waals surface area contributed by atoms with Crippen molar-refractivity contribution in [1.82, 2.24) is 4.98 Å². The summed E-state index contributed by atoms with van der Waals surface area (Å²) in [7, 11) is 0. The maximum absolute atomic E-state index is 11.1. The molecule has 5 heteroatoms. The standard InChI is InChI=1S/C13H20N2O2S/c1-10-6-8-15-12(11(10)13(16)17)14-7-4-3-5-9-18-2/h6,8H,3-5,7,9H2,1-2H3,(H,14,15)(H,16,17). The van der Waals surface area contributed by atoms with E-state index in [-0.39, 0.29) is 5.56 Å². The lowest BCUT2D eigenvalue weighted by Gasteiger charge is -2.10. The Morgan fingerprint density at radius 3 is 2.89 bits per heavy atom. The van der Waals surface area contributed by atoms with E-state index < -0.39 is 5.97 Å². The summed E-state index contributed by atoms with van der Waals surface area (Å²) in [5, 5.41) is 12.2. The number of aromatic carboxylic acids is 1. The fourth-order valence-corrected chi connectivity index (χ4v) is 2.21. The molecule has 0 aliphatic carbocycles. The fraction of sp³-hybridized carbons (Fsp3) is 0.538. The van der Waals surface area contributed by atoms with Crippen LogP contribution in [0.15, 0.2) is 12.3 Å². The highest BCUT2D eigenvalue weighted by Crippen LogP contribution is 2.16. The number of carboxylic acid groups (broad SMARTS) is 1. The van der Waals surface area contributed by atoms with Crippen molar-refractivity contribution in [1.29, 1.82) is 0 Å². The summed E-state index contributed by atoms with van der Waals surface area (Å²) in [5.41, 5.74) is 1.02. The number of nitrogens with zero attached hydrogens (tertiary/aromatic N) is 1. The Kier molecular flexibility index (Phi) is 6.57. The Morgan fingerprint density at radius 1 is 1.44 bits per heavy atom. The van der Waals surface area contributed by atoms with Crippen molar-refractivity contribution in [3.63, 3.8) is 0 Å². The van der Waals surface area contributed by atoms with Gasteiger partial charge in [-0.2, -0.15) is 11.8 Å². The minimum absolute atomic E-state index is 0.279. The third-order valence-electron chi connectivity index (χ3n) is 2.69. The second kappa shape index (κ2) is 7.97. The van der Waals surface area contributed by atoms with E-state index >= 15 is 0 Å². The van der Waals surface area contributed by atoms with Crippen molar-refractivity contribution in [3.8, 4) is 0 Å². The van der Waals surface area contributed by atoms with Crippen molar-refractivity contribution in [2.45, 2.75) is 26.2 Å². The number of hydrogen-bond acceptors (Lipinski definition) is 4. The van der Waals surface area contributed by atoms with Gasteiger partial charge in [-0.25, -0.2) is 9.78 Å². The molecule has 18 heavy (non-hydrogen) atoms. The number of carboxylic acids is 1. The van der Waals surface area contributed by atoms with Gasteiger partial charge in [0.2, 0.25) is 0 Å². The number of unbranched alkanes of at least 4 members (excludes halogenated alkanes) is 2. The number of thioether (sulfide) groups is 1. The van der Waals surface area contributed by atoms with Gasteiger partial charge in [-0.1, -0.05) is 6.42 Å². The van der Waals surface area contributed by atoms with E-state index in [2.05, 4.69) is 16.6 Å². The second-order valence-electron chi connectivity index (χ2n) is 4.14. The zero-order valence-corrected chi connectivity index (χ0v) is 11.7. The van der Waals surface area contributed by atoms with E-state index in [9.17, 15) is 4.79 Å². The summed E-state index contributed by atoms with van der Waals surface area (Å²) >= 11 is 1.85. The van der Waals surface area contributed by atoms with Gasteiger partial charge in [0.1, 0.15) is 11.4 Å². The average Bonchev–Trinajstić information content (AvgIpc) is 2.33. The molecule has 0 bridgehead atoms. The minimum Gasteiger partial charge on any atom is -0.478 e. The molecule has 0 amide bonds. The van der Waals surface area contributed by atoms with Crippen molar-refractivity contribution in [2.75, 3.05) is 23.9 Å². The Labute approximate surface area is 112 Å². The number of anilines is 1.